The maximum absolute atomic E-state index is 6.89. The summed E-state index contributed by atoms with van der Waals surface area (Å²) >= 11 is 6.89. The molecule has 0 radical (unpaired) electrons. The fraction of sp³-hybridized carbons (Fsp3) is 0.393. The van der Waals surface area contributed by atoms with Gasteiger partial charge >= 0.3 is 0 Å². The second kappa shape index (κ2) is 10.2. The summed E-state index contributed by atoms with van der Waals surface area (Å²) in [5, 5.41) is 0.802. The van der Waals surface area contributed by atoms with E-state index in [4.69, 9.17) is 21.3 Å². The Morgan fingerprint density at radius 3 is 2.31 bits per heavy atom. The molecule has 2 heterocycles. The number of pyridine rings is 1. The molecular weight excluding hydrogens is 416 g/mol. The van der Waals surface area contributed by atoms with Crippen LogP contribution in [0.25, 0.3) is 11.3 Å². The first-order valence-electron chi connectivity index (χ1n) is 11.7. The van der Waals surface area contributed by atoms with Crippen molar-refractivity contribution in [2.24, 2.45) is 0 Å². The SMILES string of the molecule is CCc1cccc(CC)c1-c1cc(Cl)c(CN2C[C@@H](C)O[C@H](c3ccccc3)C2)c(C)n1. The summed E-state index contributed by atoms with van der Waals surface area (Å²) in [6.07, 6.45) is 2.21. The van der Waals surface area contributed by atoms with E-state index in [1.54, 1.807) is 0 Å². The van der Waals surface area contributed by atoms with E-state index >= 15 is 0 Å². The minimum atomic E-state index is 0.0785. The molecule has 0 spiro atoms. The molecule has 0 aliphatic carbocycles. The lowest BCUT2D eigenvalue weighted by Gasteiger charge is -2.37. The van der Waals surface area contributed by atoms with Crippen molar-refractivity contribution in [3.63, 3.8) is 0 Å². The molecule has 2 aromatic carbocycles. The van der Waals surface area contributed by atoms with E-state index in [0.29, 0.717) is 0 Å². The van der Waals surface area contributed by atoms with Crippen LogP contribution in [-0.2, 0) is 24.1 Å². The van der Waals surface area contributed by atoms with Crippen molar-refractivity contribution < 1.29 is 4.74 Å². The second-order valence-electron chi connectivity index (χ2n) is 8.75. The van der Waals surface area contributed by atoms with Crippen LogP contribution in [0.5, 0.6) is 0 Å². The first-order chi connectivity index (χ1) is 15.5. The number of aryl methyl sites for hydroxylation is 3. The lowest BCUT2D eigenvalue weighted by atomic mass is 9.94. The average Bonchev–Trinajstić information content (AvgIpc) is 2.81. The molecule has 32 heavy (non-hydrogen) atoms. The molecule has 168 valence electrons. The monoisotopic (exact) mass is 448 g/mol. The van der Waals surface area contributed by atoms with Gasteiger partial charge < -0.3 is 4.74 Å². The Hall–Kier alpha value is -2.20. The number of aromatic nitrogens is 1. The van der Waals surface area contributed by atoms with Gasteiger partial charge in [0.25, 0.3) is 0 Å². The highest BCUT2D eigenvalue weighted by Gasteiger charge is 2.27. The quantitative estimate of drug-likeness (QED) is 0.414. The minimum Gasteiger partial charge on any atom is -0.368 e. The van der Waals surface area contributed by atoms with Crippen LogP contribution >= 0.6 is 11.6 Å². The summed E-state index contributed by atoms with van der Waals surface area (Å²) in [5.74, 6) is 0. The maximum atomic E-state index is 6.89. The topological polar surface area (TPSA) is 25.4 Å². The Balaban J connectivity index is 1.61. The molecule has 1 aromatic heterocycles. The molecule has 1 aliphatic heterocycles. The zero-order valence-electron chi connectivity index (χ0n) is 19.6. The van der Waals surface area contributed by atoms with Gasteiger partial charge in [-0.2, -0.15) is 0 Å². The normalized spacial score (nSPS) is 19.3. The van der Waals surface area contributed by atoms with Crippen molar-refractivity contribution in [3.05, 3.63) is 87.6 Å². The Morgan fingerprint density at radius 1 is 1.00 bits per heavy atom. The van der Waals surface area contributed by atoms with E-state index in [0.717, 1.165) is 54.4 Å². The molecule has 3 aromatic rings. The third kappa shape index (κ3) is 4.91. The number of benzene rings is 2. The fourth-order valence-corrected chi connectivity index (χ4v) is 5.09. The third-order valence-electron chi connectivity index (χ3n) is 6.42. The molecule has 3 nitrogen and oxygen atoms in total. The van der Waals surface area contributed by atoms with Crippen LogP contribution in [0.3, 0.4) is 0 Å². The van der Waals surface area contributed by atoms with Gasteiger partial charge in [-0.25, -0.2) is 0 Å². The molecule has 1 saturated heterocycles. The molecule has 0 unspecified atom stereocenters. The molecule has 1 fully saturated rings. The van der Waals surface area contributed by atoms with Crippen molar-refractivity contribution >= 4 is 11.6 Å². The van der Waals surface area contributed by atoms with Crippen LogP contribution in [0, 0.1) is 6.92 Å². The molecule has 1 aliphatic rings. The first-order valence-corrected chi connectivity index (χ1v) is 12.1. The summed E-state index contributed by atoms with van der Waals surface area (Å²) in [7, 11) is 0. The number of ether oxygens (including phenoxy) is 1. The molecule has 0 N–H and O–H groups in total. The van der Waals surface area contributed by atoms with Crippen molar-refractivity contribution in [1.29, 1.82) is 0 Å². The number of hydrogen-bond donors (Lipinski definition) is 0. The lowest BCUT2D eigenvalue weighted by molar-refractivity contribution is -0.0814. The Kier molecular flexibility index (Phi) is 7.30. The van der Waals surface area contributed by atoms with Crippen molar-refractivity contribution in [1.82, 2.24) is 9.88 Å². The van der Waals surface area contributed by atoms with Crippen LogP contribution in [-0.4, -0.2) is 29.1 Å². The Morgan fingerprint density at radius 2 is 1.69 bits per heavy atom. The highest BCUT2D eigenvalue weighted by atomic mass is 35.5. The summed E-state index contributed by atoms with van der Waals surface area (Å²) in [6, 6.07) is 19.1. The van der Waals surface area contributed by atoms with E-state index in [-0.39, 0.29) is 12.2 Å². The standard InChI is InChI=1S/C28H33ClN2O/c1-5-21-13-10-14-22(6-2)28(21)26-15-25(29)24(20(4)30-26)17-31-16-19(3)32-27(18-31)23-11-8-7-9-12-23/h7-15,19,27H,5-6,16-18H2,1-4H3/t19-,27+/m1/s1. The predicted molar refractivity (Wildman–Crippen MR) is 133 cm³/mol. The third-order valence-corrected chi connectivity index (χ3v) is 6.76. The van der Waals surface area contributed by atoms with Crippen molar-refractivity contribution in [3.8, 4) is 11.3 Å². The van der Waals surface area contributed by atoms with Crippen LogP contribution in [0.2, 0.25) is 5.02 Å². The van der Waals surface area contributed by atoms with Crippen LogP contribution in [0.15, 0.2) is 54.6 Å². The van der Waals surface area contributed by atoms with E-state index in [9.17, 15) is 0 Å². The first kappa shape index (κ1) is 23.0. The molecule has 4 rings (SSSR count). The van der Waals surface area contributed by atoms with Crippen LogP contribution in [0.1, 0.15) is 54.8 Å². The van der Waals surface area contributed by atoms with Gasteiger partial charge in [0.05, 0.1) is 17.9 Å². The molecule has 2 atom stereocenters. The van der Waals surface area contributed by atoms with Crippen LogP contribution in [0.4, 0.5) is 0 Å². The fourth-order valence-electron chi connectivity index (χ4n) is 4.79. The van der Waals surface area contributed by atoms with Gasteiger partial charge in [0.1, 0.15) is 0 Å². The maximum Gasteiger partial charge on any atom is 0.0956 e. The molecule has 0 saturated carbocycles. The highest BCUT2D eigenvalue weighted by molar-refractivity contribution is 6.31. The average molecular weight is 449 g/mol. The molecule has 0 bridgehead atoms. The van der Waals surface area contributed by atoms with Crippen molar-refractivity contribution in [2.75, 3.05) is 13.1 Å². The predicted octanol–water partition coefficient (Wildman–Crippen LogP) is 6.80. The van der Waals surface area contributed by atoms with E-state index in [1.807, 2.05) is 6.07 Å². The Labute approximate surface area is 197 Å². The van der Waals surface area contributed by atoms with E-state index in [2.05, 4.69) is 81.1 Å². The van der Waals surface area contributed by atoms with Gasteiger partial charge in [0.15, 0.2) is 0 Å². The molecule has 0 amide bonds. The van der Waals surface area contributed by atoms with Gasteiger partial charge in [-0.3, -0.25) is 9.88 Å². The number of hydrogen-bond acceptors (Lipinski definition) is 3. The van der Waals surface area contributed by atoms with Crippen molar-refractivity contribution in [2.45, 2.75) is 59.3 Å². The summed E-state index contributed by atoms with van der Waals surface area (Å²) in [5.41, 5.74) is 8.24. The summed E-state index contributed by atoms with van der Waals surface area (Å²) in [4.78, 5) is 7.48. The van der Waals surface area contributed by atoms with E-state index in [1.165, 1.54) is 22.3 Å². The second-order valence-corrected chi connectivity index (χ2v) is 9.16. The summed E-state index contributed by atoms with van der Waals surface area (Å²) < 4.78 is 6.24. The van der Waals surface area contributed by atoms with Gasteiger partial charge in [0, 0.05) is 41.5 Å². The van der Waals surface area contributed by atoms with Gasteiger partial charge in [0.2, 0.25) is 0 Å². The van der Waals surface area contributed by atoms with Crippen LogP contribution < -0.4 is 0 Å². The number of morpholine rings is 1. The number of rotatable bonds is 6. The lowest BCUT2D eigenvalue weighted by Crippen LogP contribution is -2.42. The molecular formula is C28H33ClN2O. The highest BCUT2D eigenvalue weighted by Crippen LogP contribution is 2.33. The summed E-state index contributed by atoms with van der Waals surface area (Å²) in [6.45, 7) is 11.2. The zero-order valence-corrected chi connectivity index (χ0v) is 20.3. The number of nitrogens with zero attached hydrogens (tertiary/aromatic N) is 2. The number of halogens is 1. The largest absolute Gasteiger partial charge is 0.368 e. The van der Waals surface area contributed by atoms with E-state index < -0.39 is 0 Å². The smallest absolute Gasteiger partial charge is 0.0956 e. The van der Waals surface area contributed by atoms with Gasteiger partial charge in [-0.05, 0) is 49.4 Å². The van der Waals surface area contributed by atoms with Gasteiger partial charge in [-0.15, -0.1) is 0 Å². The zero-order chi connectivity index (χ0) is 22.7. The van der Waals surface area contributed by atoms with Gasteiger partial charge in [-0.1, -0.05) is 74.0 Å². The molecule has 4 heteroatoms. The Bertz CT molecular complexity index is 1020. The minimum absolute atomic E-state index is 0.0785.